The Kier molecular flexibility index (Phi) is 5.53. The summed E-state index contributed by atoms with van der Waals surface area (Å²) >= 11 is 0. The molecule has 7 nitrogen and oxygen atoms in total. The summed E-state index contributed by atoms with van der Waals surface area (Å²) in [5.41, 5.74) is 4.82. The molecule has 0 unspecified atom stereocenters. The van der Waals surface area contributed by atoms with Crippen LogP contribution in [0.3, 0.4) is 0 Å². The van der Waals surface area contributed by atoms with Crippen LogP contribution in [0.1, 0.15) is 6.42 Å². The molecule has 84 valence electrons. The van der Waals surface area contributed by atoms with Crippen molar-refractivity contribution in [2.75, 3.05) is 6.54 Å². The number of primary amides is 1. The smallest absolute Gasteiger partial charge is 0.326 e. The summed E-state index contributed by atoms with van der Waals surface area (Å²) in [4.78, 5) is 32.1. The first kappa shape index (κ1) is 12.9. The zero-order valence-corrected chi connectivity index (χ0v) is 8.03. The second kappa shape index (κ2) is 6.41. The third-order valence-electron chi connectivity index (χ3n) is 1.42. The van der Waals surface area contributed by atoms with Crippen molar-refractivity contribution in [3.63, 3.8) is 0 Å². The Morgan fingerprint density at radius 2 is 2.07 bits per heavy atom. The molecule has 7 heteroatoms. The standard InChI is InChI=1S/C8H13N3O4/c1-2-3-10-8(15)11-5(7(13)14)4-6(9)12/h2,5H,1,3-4H2,(H2,9,12)(H,13,14)(H2,10,11,15)/t5-/m0/s1. The van der Waals surface area contributed by atoms with Crippen molar-refractivity contribution < 1.29 is 19.5 Å². The van der Waals surface area contributed by atoms with Gasteiger partial charge in [0.2, 0.25) is 5.91 Å². The van der Waals surface area contributed by atoms with Gasteiger partial charge in [-0.25, -0.2) is 9.59 Å². The SMILES string of the molecule is C=CCNC(=O)N[C@@H](CC(N)=O)C(=O)O. The molecule has 0 aromatic rings. The van der Waals surface area contributed by atoms with E-state index in [4.69, 9.17) is 10.8 Å². The van der Waals surface area contributed by atoms with Crippen LogP contribution >= 0.6 is 0 Å². The second-order valence-corrected chi connectivity index (χ2v) is 2.70. The van der Waals surface area contributed by atoms with Crippen molar-refractivity contribution in [1.29, 1.82) is 0 Å². The molecular formula is C8H13N3O4. The van der Waals surface area contributed by atoms with Crippen molar-refractivity contribution in [3.05, 3.63) is 12.7 Å². The lowest BCUT2D eigenvalue weighted by Gasteiger charge is -2.12. The molecule has 0 radical (unpaired) electrons. The molecule has 0 aromatic carbocycles. The summed E-state index contributed by atoms with van der Waals surface area (Å²) in [5, 5.41) is 13.0. The van der Waals surface area contributed by atoms with E-state index in [-0.39, 0.29) is 6.54 Å². The van der Waals surface area contributed by atoms with Gasteiger partial charge in [0.25, 0.3) is 0 Å². The number of hydrogen-bond acceptors (Lipinski definition) is 3. The van der Waals surface area contributed by atoms with Crippen molar-refractivity contribution >= 4 is 17.9 Å². The van der Waals surface area contributed by atoms with Crippen LogP contribution in [0.2, 0.25) is 0 Å². The number of carboxylic acids is 1. The van der Waals surface area contributed by atoms with Crippen LogP contribution in [0.15, 0.2) is 12.7 Å². The molecule has 5 N–H and O–H groups in total. The minimum atomic E-state index is -1.32. The summed E-state index contributed by atoms with van der Waals surface area (Å²) in [7, 11) is 0. The van der Waals surface area contributed by atoms with E-state index in [1.54, 1.807) is 0 Å². The summed E-state index contributed by atoms with van der Waals surface area (Å²) in [6.07, 6.45) is 0.986. The lowest BCUT2D eigenvalue weighted by atomic mass is 10.2. The molecule has 0 bridgehead atoms. The number of nitrogens with one attached hydrogen (secondary N) is 2. The van der Waals surface area contributed by atoms with Gasteiger partial charge in [0.15, 0.2) is 0 Å². The molecule has 3 amide bonds. The van der Waals surface area contributed by atoms with Crippen molar-refractivity contribution in [2.24, 2.45) is 5.73 Å². The van der Waals surface area contributed by atoms with E-state index in [0.717, 1.165) is 0 Å². The molecule has 0 spiro atoms. The van der Waals surface area contributed by atoms with E-state index < -0.39 is 30.4 Å². The largest absolute Gasteiger partial charge is 0.480 e. The molecule has 0 aromatic heterocycles. The summed E-state index contributed by atoms with van der Waals surface area (Å²) in [6, 6.07) is -2.00. The summed E-state index contributed by atoms with van der Waals surface area (Å²) < 4.78 is 0. The molecule has 0 rings (SSSR count). The summed E-state index contributed by atoms with van der Waals surface area (Å²) in [6.45, 7) is 3.57. The Hall–Kier alpha value is -2.05. The van der Waals surface area contributed by atoms with Gasteiger partial charge in [-0.15, -0.1) is 6.58 Å². The third kappa shape index (κ3) is 6.08. The van der Waals surface area contributed by atoms with Crippen molar-refractivity contribution in [3.8, 4) is 0 Å². The zero-order chi connectivity index (χ0) is 11.8. The number of carboxylic acid groups (broad SMARTS) is 1. The number of aliphatic carboxylic acids is 1. The van der Waals surface area contributed by atoms with Crippen LogP contribution in [-0.4, -0.2) is 35.6 Å². The number of rotatable bonds is 6. The van der Waals surface area contributed by atoms with Gasteiger partial charge >= 0.3 is 12.0 Å². The maximum atomic E-state index is 11.0. The second-order valence-electron chi connectivity index (χ2n) is 2.70. The number of hydrogen-bond donors (Lipinski definition) is 4. The fourth-order valence-electron chi connectivity index (χ4n) is 0.775. The van der Waals surface area contributed by atoms with Crippen LogP contribution in [0.4, 0.5) is 4.79 Å². The lowest BCUT2D eigenvalue weighted by molar-refractivity contribution is -0.140. The molecule has 0 aliphatic carbocycles. The molecule has 1 atom stereocenters. The highest BCUT2D eigenvalue weighted by molar-refractivity contribution is 5.87. The van der Waals surface area contributed by atoms with Crippen LogP contribution in [0.5, 0.6) is 0 Å². The molecule has 0 heterocycles. The quantitative estimate of drug-likeness (QED) is 0.416. The van der Waals surface area contributed by atoms with E-state index in [2.05, 4.69) is 17.2 Å². The number of urea groups is 1. The summed E-state index contributed by atoms with van der Waals surface area (Å²) in [5.74, 6) is -2.12. The lowest BCUT2D eigenvalue weighted by Crippen LogP contribution is -2.47. The topological polar surface area (TPSA) is 122 Å². The van der Waals surface area contributed by atoms with Crippen LogP contribution in [0.25, 0.3) is 0 Å². The van der Waals surface area contributed by atoms with Gasteiger partial charge in [0.1, 0.15) is 6.04 Å². The van der Waals surface area contributed by atoms with E-state index >= 15 is 0 Å². The Balaban J connectivity index is 4.16. The van der Waals surface area contributed by atoms with E-state index in [0.29, 0.717) is 0 Å². The number of carbonyl (C=O) groups is 3. The average Bonchev–Trinajstić information content (AvgIpc) is 2.12. The van der Waals surface area contributed by atoms with E-state index in [9.17, 15) is 14.4 Å². The number of nitrogens with two attached hydrogens (primary N) is 1. The van der Waals surface area contributed by atoms with Gasteiger partial charge in [-0.1, -0.05) is 6.08 Å². The van der Waals surface area contributed by atoms with E-state index in [1.807, 2.05) is 0 Å². The van der Waals surface area contributed by atoms with Gasteiger partial charge in [-0.05, 0) is 0 Å². The fraction of sp³-hybridized carbons (Fsp3) is 0.375. The fourth-order valence-corrected chi connectivity index (χ4v) is 0.775. The minimum Gasteiger partial charge on any atom is -0.480 e. The van der Waals surface area contributed by atoms with Crippen molar-refractivity contribution in [1.82, 2.24) is 10.6 Å². The monoisotopic (exact) mass is 215 g/mol. The van der Waals surface area contributed by atoms with Crippen molar-refractivity contribution in [2.45, 2.75) is 12.5 Å². The highest BCUT2D eigenvalue weighted by atomic mass is 16.4. The first-order valence-corrected chi connectivity index (χ1v) is 4.13. The predicted octanol–water partition coefficient (Wildman–Crippen LogP) is -1.20. The Morgan fingerprint density at radius 3 is 2.47 bits per heavy atom. The molecule has 0 fully saturated rings. The molecule has 15 heavy (non-hydrogen) atoms. The minimum absolute atomic E-state index is 0.203. The first-order chi connectivity index (χ1) is 6.97. The van der Waals surface area contributed by atoms with Gasteiger partial charge in [-0.2, -0.15) is 0 Å². The Morgan fingerprint density at radius 1 is 1.47 bits per heavy atom. The predicted molar refractivity (Wildman–Crippen MR) is 52.0 cm³/mol. The van der Waals surface area contributed by atoms with Crippen LogP contribution in [0, 0.1) is 0 Å². The molecular weight excluding hydrogens is 202 g/mol. The normalized spacial score (nSPS) is 11.2. The molecule has 0 saturated heterocycles. The average molecular weight is 215 g/mol. The Bertz CT molecular complexity index is 277. The number of amides is 3. The van der Waals surface area contributed by atoms with Crippen LogP contribution in [-0.2, 0) is 9.59 Å². The third-order valence-corrected chi connectivity index (χ3v) is 1.42. The van der Waals surface area contributed by atoms with Gasteiger partial charge < -0.3 is 21.5 Å². The maximum absolute atomic E-state index is 11.0. The molecule has 0 aliphatic rings. The zero-order valence-electron chi connectivity index (χ0n) is 8.03. The number of carbonyl (C=O) groups excluding carboxylic acids is 2. The van der Waals surface area contributed by atoms with Gasteiger partial charge in [0, 0.05) is 6.54 Å². The highest BCUT2D eigenvalue weighted by Crippen LogP contribution is 1.91. The maximum Gasteiger partial charge on any atom is 0.326 e. The van der Waals surface area contributed by atoms with Gasteiger partial charge in [0.05, 0.1) is 6.42 Å². The van der Waals surface area contributed by atoms with Gasteiger partial charge in [-0.3, -0.25) is 4.79 Å². The Labute approximate surface area is 86.3 Å². The van der Waals surface area contributed by atoms with Crippen LogP contribution < -0.4 is 16.4 Å². The van der Waals surface area contributed by atoms with E-state index in [1.165, 1.54) is 6.08 Å². The highest BCUT2D eigenvalue weighted by Gasteiger charge is 2.21. The molecule has 0 aliphatic heterocycles. The molecule has 0 saturated carbocycles. The first-order valence-electron chi connectivity index (χ1n) is 4.13.